The first-order valence-corrected chi connectivity index (χ1v) is 7.87. The van der Waals surface area contributed by atoms with Crippen LogP contribution in [0.1, 0.15) is 22.9 Å². The lowest BCUT2D eigenvalue weighted by Gasteiger charge is -2.12. The van der Waals surface area contributed by atoms with Gasteiger partial charge in [0.05, 0.1) is 4.88 Å². The molecule has 0 fully saturated rings. The predicted molar refractivity (Wildman–Crippen MR) is 90.2 cm³/mol. The molecule has 0 unspecified atom stereocenters. The highest BCUT2D eigenvalue weighted by Gasteiger charge is 2.09. The van der Waals surface area contributed by atoms with Gasteiger partial charge < -0.3 is 15.9 Å². The molecule has 116 valence electrons. The van der Waals surface area contributed by atoms with Crippen molar-refractivity contribution in [3.63, 3.8) is 0 Å². The minimum absolute atomic E-state index is 0.177. The van der Waals surface area contributed by atoms with Crippen LogP contribution < -0.4 is 11.1 Å². The van der Waals surface area contributed by atoms with Crippen LogP contribution in [-0.2, 0) is 16.1 Å². The number of hydrogen-bond donors (Lipinski definition) is 2. The number of thiophene rings is 1. The number of carbonyl (C=O) groups excluding carboxylic acids is 1. The summed E-state index contributed by atoms with van der Waals surface area (Å²) < 4.78 is 0. The second-order valence-corrected chi connectivity index (χ2v) is 5.69. The van der Waals surface area contributed by atoms with Gasteiger partial charge in [0.2, 0.25) is 0 Å². The van der Waals surface area contributed by atoms with Crippen molar-refractivity contribution in [1.82, 2.24) is 0 Å². The van der Waals surface area contributed by atoms with Crippen LogP contribution in [0.3, 0.4) is 0 Å². The van der Waals surface area contributed by atoms with Gasteiger partial charge in [-0.2, -0.15) is 0 Å². The van der Waals surface area contributed by atoms with Gasteiger partial charge in [0.25, 0.3) is 5.91 Å². The van der Waals surface area contributed by atoms with Gasteiger partial charge in [-0.15, -0.1) is 11.3 Å². The second kappa shape index (κ2) is 7.61. The number of nitrogens with one attached hydrogen (secondary N) is 1. The van der Waals surface area contributed by atoms with Crippen LogP contribution in [0.2, 0.25) is 0 Å². The van der Waals surface area contributed by atoms with Crippen molar-refractivity contribution in [2.45, 2.75) is 20.3 Å². The van der Waals surface area contributed by atoms with E-state index in [1.807, 2.05) is 49.6 Å². The van der Waals surface area contributed by atoms with E-state index in [2.05, 4.69) is 10.5 Å². The van der Waals surface area contributed by atoms with Crippen molar-refractivity contribution >= 4 is 28.8 Å². The van der Waals surface area contributed by atoms with Gasteiger partial charge in [-0.3, -0.25) is 4.79 Å². The number of para-hydroxylation sites is 1. The van der Waals surface area contributed by atoms with Gasteiger partial charge in [0.1, 0.15) is 0 Å². The molecule has 0 saturated carbocycles. The molecule has 0 radical (unpaired) electrons. The van der Waals surface area contributed by atoms with E-state index in [4.69, 9.17) is 10.6 Å². The number of nitrogens with two attached hydrogens (primary N) is 1. The van der Waals surface area contributed by atoms with Crippen LogP contribution in [-0.4, -0.2) is 18.3 Å². The van der Waals surface area contributed by atoms with Crippen molar-refractivity contribution in [3.8, 4) is 0 Å². The van der Waals surface area contributed by atoms with Crippen LogP contribution in [0.5, 0.6) is 0 Å². The summed E-state index contributed by atoms with van der Waals surface area (Å²) in [7, 11) is 0. The fraction of sp³-hybridized carbons (Fsp3) is 0.250. The molecular weight excluding hydrogens is 298 g/mol. The Morgan fingerprint density at radius 3 is 2.86 bits per heavy atom. The van der Waals surface area contributed by atoms with E-state index in [0.717, 1.165) is 28.1 Å². The Bertz CT molecular complexity index is 666. The van der Waals surface area contributed by atoms with Crippen LogP contribution >= 0.6 is 11.3 Å². The molecule has 0 aliphatic carbocycles. The molecule has 0 aliphatic heterocycles. The van der Waals surface area contributed by atoms with E-state index in [1.165, 1.54) is 11.3 Å². The summed E-state index contributed by atoms with van der Waals surface area (Å²) in [6, 6.07) is 9.65. The smallest absolute Gasteiger partial charge is 0.265 e. The second-order valence-electron chi connectivity index (χ2n) is 4.74. The highest BCUT2D eigenvalue weighted by molar-refractivity contribution is 7.12. The van der Waals surface area contributed by atoms with E-state index in [0.29, 0.717) is 0 Å². The van der Waals surface area contributed by atoms with Gasteiger partial charge in [-0.25, -0.2) is 0 Å². The molecule has 1 heterocycles. The molecule has 3 N–H and O–H groups in total. The standard InChI is InChI=1S/C16H19N3O2S/c1-3-12-7-4-6-11(2)15(12)18-14(20)10-21-19-16(17)13-8-5-9-22-13/h4-9H,3,10H2,1-2H3,(H2,17,19)(H,18,20). The zero-order valence-corrected chi connectivity index (χ0v) is 13.4. The molecule has 0 bridgehead atoms. The van der Waals surface area contributed by atoms with E-state index < -0.39 is 0 Å². The molecule has 2 rings (SSSR count). The Morgan fingerprint density at radius 2 is 2.18 bits per heavy atom. The number of hydrogen-bond acceptors (Lipinski definition) is 4. The normalized spacial score (nSPS) is 11.3. The molecule has 0 aliphatic rings. The van der Waals surface area contributed by atoms with Crippen LogP contribution in [0, 0.1) is 6.92 Å². The van der Waals surface area contributed by atoms with Crippen LogP contribution in [0.15, 0.2) is 40.9 Å². The Labute approximate surface area is 133 Å². The molecule has 1 amide bonds. The third kappa shape index (κ3) is 4.08. The van der Waals surface area contributed by atoms with Crippen molar-refractivity contribution in [2.24, 2.45) is 10.9 Å². The van der Waals surface area contributed by atoms with E-state index >= 15 is 0 Å². The average molecular weight is 317 g/mol. The lowest BCUT2D eigenvalue weighted by molar-refractivity contribution is -0.120. The van der Waals surface area contributed by atoms with Crippen molar-refractivity contribution < 1.29 is 9.63 Å². The molecule has 0 atom stereocenters. The number of nitrogens with zero attached hydrogens (tertiary/aromatic N) is 1. The zero-order valence-electron chi connectivity index (χ0n) is 12.6. The Kier molecular flexibility index (Phi) is 5.55. The van der Waals surface area contributed by atoms with Gasteiger partial charge in [0.15, 0.2) is 12.4 Å². The first-order chi connectivity index (χ1) is 10.6. The fourth-order valence-electron chi connectivity index (χ4n) is 2.01. The van der Waals surface area contributed by atoms with Crippen LogP contribution in [0.25, 0.3) is 0 Å². The summed E-state index contributed by atoms with van der Waals surface area (Å²) >= 11 is 1.46. The third-order valence-corrected chi connectivity index (χ3v) is 4.03. The summed E-state index contributed by atoms with van der Waals surface area (Å²) in [5, 5.41) is 8.52. The van der Waals surface area contributed by atoms with Gasteiger partial charge in [0, 0.05) is 5.69 Å². The topological polar surface area (TPSA) is 76.7 Å². The molecule has 2 aromatic rings. The quantitative estimate of drug-likeness (QED) is 0.488. The lowest BCUT2D eigenvalue weighted by Crippen LogP contribution is -2.20. The molecule has 1 aromatic heterocycles. The first-order valence-electron chi connectivity index (χ1n) is 6.99. The molecule has 22 heavy (non-hydrogen) atoms. The summed E-state index contributed by atoms with van der Waals surface area (Å²) in [6.07, 6.45) is 0.849. The summed E-state index contributed by atoms with van der Waals surface area (Å²) in [6.45, 7) is 3.83. The summed E-state index contributed by atoms with van der Waals surface area (Å²) in [5.74, 6) is 0.0136. The van der Waals surface area contributed by atoms with Crippen molar-refractivity contribution in [3.05, 3.63) is 51.7 Å². The maximum Gasteiger partial charge on any atom is 0.265 e. The van der Waals surface area contributed by atoms with Crippen molar-refractivity contribution in [1.29, 1.82) is 0 Å². The maximum absolute atomic E-state index is 12.0. The van der Waals surface area contributed by atoms with E-state index in [9.17, 15) is 4.79 Å². The Balaban J connectivity index is 1.93. The lowest BCUT2D eigenvalue weighted by atomic mass is 10.1. The fourth-order valence-corrected chi connectivity index (χ4v) is 2.63. The molecule has 1 aromatic carbocycles. The number of benzene rings is 1. The molecule has 6 heteroatoms. The highest BCUT2D eigenvalue weighted by Crippen LogP contribution is 2.20. The van der Waals surface area contributed by atoms with Crippen molar-refractivity contribution in [2.75, 3.05) is 11.9 Å². The Morgan fingerprint density at radius 1 is 1.36 bits per heavy atom. The monoisotopic (exact) mass is 317 g/mol. The minimum Gasteiger partial charge on any atom is -0.384 e. The largest absolute Gasteiger partial charge is 0.384 e. The van der Waals surface area contributed by atoms with Gasteiger partial charge in [-0.1, -0.05) is 36.3 Å². The predicted octanol–water partition coefficient (Wildman–Crippen LogP) is 2.89. The van der Waals surface area contributed by atoms with Gasteiger partial charge in [-0.05, 0) is 35.9 Å². The minimum atomic E-state index is -0.258. The van der Waals surface area contributed by atoms with Gasteiger partial charge >= 0.3 is 0 Å². The number of anilines is 1. The summed E-state index contributed by atoms with van der Waals surface area (Å²) in [4.78, 5) is 17.8. The number of aryl methyl sites for hydroxylation is 2. The molecule has 0 saturated heterocycles. The molecule has 0 spiro atoms. The maximum atomic E-state index is 12.0. The SMILES string of the molecule is CCc1cccc(C)c1NC(=O)CO/N=C(\N)c1cccs1. The number of carbonyl (C=O) groups is 1. The highest BCUT2D eigenvalue weighted by atomic mass is 32.1. The third-order valence-electron chi connectivity index (χ3n) is 3.14. The van der Waals surface area contributed by atoms with E-state index in [1.54, 1.807) is 0 Å². The molecular formula is C16H19N3O2S. The number of amides is 1. The first kappa shape index (κ1) is 16.0. The Hall–Kier alpha value is -2.34. The average Bonchev–Trinajstić information content (AvgIpc) is 3.03. The number of amidine groups is 1. The summed E-state index contributed by atoms with van der Waals surface area (Å²) in [5.41, 5.74) is 8.71. The molecule has 5 nitrogen and oxygen atoms in total. The zero-order chi connectivity index (χ0) is 15.9. The van der Waals surface area contributed by atoms with Crippen LogP contribution in [0.4, 0.5) is 5.69 Å². The number of oxime groups is 1. The van der Waals surface area contributed by atoms with E-state index in [-0.39, 0.29) is 18.3 Å². The number of rotatable bonds is 6.